The monoisotopic (exact) mass is 912 g/mol. The molecule has 3 N–H and O–H groups in total. The third kappa shape index (κ3) is 9.03. The van der Waals surface area contributed by atoms with Crippen LogP contribution in [0.1, 0.15) is 58.4 Å². The van der Waals surface area contributed by atoms with E-state index in [1.54, 1.807) is 64.1 Å². The van der Waals surface area contributed by atoms with E-state index in [2.05, 4.69) is 70.1 Å². The maximum atomic E-state index is 13.7. The first-order chi connectivity index (χ1) is 31.8. The number of H-pyrrole nitrogens is 1. The van der Waals surface area contributed by atoms with Gasteiger partial charge in [-0.05, 0) is 44.2 Å². The van der Waals surface area contributed by atoms with Gasteiger partial charge in [0.25, 0.3) is 11.8 Å². The summed E-state index contributed by atoms with van der Waals surface area (Å²) in [7, 11) is -1.24. The highest BCUT2D eigenvalue weighted by molar-refractivity contribution is 6.76. The van der Waals surface area contributed by atoms with Crippen LogP contribution in [-0.2, 0) is 11.5 Å². The van der Waals surface area contributed by atoms with Crippen LogP contribution in [0.4, 0.5) is 8.78 Å². The third-order valence-electron chi connectivity index (χ3n) is 10.5. The largest absolute Gasteiger partial charge is 0.447 e. The number of ether oxygens (including phenoxy) is 1. The number of hydrogen-bond acceptors (Lipinski definition) is 13. The highest BCUT2D eigenvalue weighted by atomic mass is 28.3. The number of oxazole rings is 2. The molecule has 66 heavy (non-hydrogen) atoms. The fraction of sp³-hybridized carbons (Fsp3) is 0.227. The lowest BCUT2D eigenvalue weighted by Crippen LogP contribution is -2.26. The zero-order valence-corrected chi connectivity index (χ0v) is 37.2. The van der Waals surface area contributed by atoms with Gasteiger partial charge in [0.1, 0.15) is 89.4 Å². The highest BCUT2D eigenvalue weighted by Gasteiger charge is 2.24. The molecule has 2 atom stereocenters. The third-order valence-corrected chi connectivity index (χ3v) is 12.2. The van der Waals surface area contributed by atoms with Gasteiger partial charge >= 0.3 is 0 Å². The van der Waals surface area contributed by atoms with Gasteiger partial charge in [0.15, 0.2) is 11.3 Å². The topological polar surface area (TPSA) is 226 Å². The Morgan fingerprint density at radius 1 is 0.742 bits per heavy atom. The standard InChI is InChI=1S/C25H28FN7O3Si.C19H14FN7O2/c1-16(25-27-7-8-36-25)30-24(34)18-13-33(15-35-9-10-37(2,3)4)23-21(18)31-19(11-28-23)22-20-6-5-17(26)12-32(20)14-29-22;1-10(19-21-4-5-29-19)25-18(28)12-6-22-17-15(12)26-13(7-23-17)16-14-3-2-11(20)8-27(14)9-24-16/h5-8,11-14,16H,9-10,15H2,1-4H3,(H,30,34);2-10H,1H3,(H,22,23)(H,25,28)/t16-;10-/m11/s1. The second-order valence-corrected chi connectivity index (χ2v) is 22.2. The molecule has 2 amide bonds. The number of nitrogens with zero attached hydrogens (tertiary/aromatic N) is 11. The fourth-order valence-corrected chi connectivity index (χ4v) is 7.82. The Kier molecular flexibility index (Phi) is 11.7. The van der Waals surface area contributed by atoms with E-state index >= 15 is 0 Å². The number of nitrogens with one attached hydrogen (secondary N) is 3. The predicted molar refractivity (Wildman–Crippen MR) is 239 cm³/mol. The Morgan fingerprint density at radius 3 is 1.86 bits per heavy atom. The molecule has 0 saturated carbocycles. The number of imidazole rings is 2. The summed E-state index contributed by atoms with van der Waals surface area (Å²) in [6.07, 6.45) is 18.0. The van der Waals surface area contributed by atoms with Gasteiger partial charge < -0.3 is 42.6 Å². The number of hydrogen-bond donors (Lipinski definition) is 3. The molecule has 0 aliphatic heterocycles. The van der Waals surface area contributed by atoms with Gasteiger partial charge in [0.2, 0.25) is 11.8 Å². The molecule has 0 aromatic carbocycles. The maximum absolute atomic E-state index is 13.7. The Balaban J connectivity index is 0.000000171. The molecule has 336 valence electrons. The van der Waals surface area contributed by atoms with Crippen LogP contribution in [0.3, 0.4) is 0 Å². The highest BCUT2D eigenvalue weighted by Crippen LogP contribution is 2.28. The van der Waals surface area contributed by atoms with Crippen molar-refractivity contribution in [2.45, 2.75) is 58.3 Å². The summed E-state index contributed by atoms with van der Waals surface area (Å²) >= 11 is 0. The molecular formula is C44H42F2N14O5Si. The fourth-order valence-electron chi connectivity index (χ4n) is 7.06. The zero-order valence-electron chi connectivity index (χ0n) is 36.2. The molecule has 10 aromatic rings. The Hall–Kier alpha value is -7.98. The van der Waals surface area contributed by atoms with Gasteiger partial charge in [0, 0.05) is 39.5 Å². The van der Waals surface area contributed by atoms with Gasteiger partial charge in [-0.3, -0.25) is 9.59 Å². The second kappa shape index (κ2) is 17.9. The van der Waals surface area contributed by atoms with Crippen molar-refractivity contribution < 1.29 is 31.9 Å². The average Bonchev–Trinajstić information content (AvgIpc) is 4.15. The van der Waals surface area contributed by atoms with Gasteiger partial charge in [-0.1, -0.05) is 19.6 Å². The van der Waals surface area contributed by atoms with Crippen LogP contribution in [0.5, 0.6) is 0 Å². The number of rotatable bonds is 13. The van der Waals surface area contributed by atoms with Crippen LogP contribution in [-0.4, -0.2) is 84.7 Å². The summed E-state index contributed by atoms with van der Waals surface area (Å²) < 4.78 is 48.5. The molecule has 10 rings (SSSR count). The van der Waals surface area contributed by atoms with E-state index in [1.165, 1.54) is 62.1 Å². The van der Waals surface area contributed by atoms with Gasteiger partial charge in [-0.2, -0.15) is 0 Å². The lowest BCUT2D eigenvalue weighted by molar-refractivity contribution is 0.0888. The SMILES string of the molecule is C[C@@H](NC(=O)c1c[nH]c2ncc(-c3ncn4cc(F)ccc34)nc12)c1ncco1.C[C@@H](NC(=O)c1cn(COCC[Si](C)(C)C)c2ncc(-c3ncn4cc(F)ccc34)nc12)c1ncco1. The minimum Gasteiger partial charge on any atom is -0.447 e. The van der Waals surface area contributed by atoms with Crippen molar-refractivity contribution in [3.8, 4) is 22.8 Å². The van der Waals surface area contributed by atoms with Crippen molar-refractivity contribution in [2.24, 2.45) is 0 Å². The maximum Gasteiger partial charge on any atom is 0.255 e. The molecule has 22 heteroatoms. The first-order valence-corrected chi connectivity index (χ1v) is 24.4. The Bertz CT molecular complexity index is 3340. The van der Waals surface area contributed by atoms with Crippen molar-refractivity contribution in [2.75, 3.05) is 6.61 Å². The molecule has 0 spiro atoms. The van der Waals surface area contributed by atoms with Crippen molar-refractivity contribution in [1.82, 2.24) is 68.9 Å². The van der Waals surface area contributed by atoms with Gasteiger partial charge in [-0.25, -0.2) is 48.7 Å². The Morgan fingerprint density at radius 2 is 1.30 bits per heavy atom. The van der Waals surface area contributed by atoms with Crippen LogP contribution in [0, 0.1) is 11.6 Å². The zero-order chi connectivity index (χ0) is 46.1. The molecule has 0 unspecified atom stereocenters. The smallest absolute Gasteiger partial charge is 0.255 e. The summed E-state index contributed by atoms with van der Waals surface area (Å²) in [5.74, 6) is -0.627. The van der Waals surface area contributed by atoms with Crippen molar-refractivity contribution >= 4 is 53.2 Å². The first kappa shape index (κ1) is 43.3. The number of fused-ring (bicyclic) bond motifs is 4. The summed E-state index contributed by atoms with van der Waals surface area (Å²) in [5, 5.41) is 5.73. The van der Waals surface area contributed by atoms with E-state index in [0.717, 1.165) is 6.04 Å². The molecule has 0 aliphatic carbocycles. The minimum atomic E-state index is -1.24. The van der Waals surface area contributed by atoms with Crippen molar-refractivity contribution in [3.05, 3.63) is 134 Å². The molecule has 0 bridgehead atoms. The number of carbonyl (C=O) groups is 2. The van der Waals surface area contributed by atoms with E-state index in [-0.39, 0.29) is 30.2 Å². The average molecular weight is 913 g/mol. The number of amides is 2. The lowest BCUT2D eigenvalue weighted by Gasteiger charge is -2.15. The first-order valence-electron chi connectivity index (χ1n) is 20.7. The number of carbonyl (C=O) groups excluding carboxylic acids is 2. The van der Waals surface area contributed by atoms with E-state index in [1.807, 2.05) is 0 Å². The van der Waals surface area contributed by atoms with Gasteiger partial charge in [-0.15, -0.1) is 0 Å². The van der Waals surface area contributed by atoms with Crippen LogP contribution < -0.4 is 10.6 Å². The molecule has 0 aliphatic rings. The van der Waals surface area contributed by atoms with Crippen LogP contribution in [0.25, 0.3) is 56.1 Å². The molecule has 0 fully saturated rings. The van der Waals surface area contributed by atoms with E-state index < -0.39 is 20.2 Å². The van der Waals surface area contributed by atoms with Crippen molar-refractivity contribution in [3.63, 3.8) is 0 Å². The normalized spacial score (nSPS) is 12.7. The Labute approximate surface area is 374 Å². The van der Waals surface area contributed by atoms with Crippen molar-refractivity contribution in [1.29, 1.82) is 0 Å². The summed E-state index contributed by atoms with van der Waals surface area (Å²) in [6.45, 7) is 11.3. The molecule has 10 aromatic heterocycles. The minimum absolute atomic E-state index is 0.240. The number of aromatic amines is 1. The second-order valence-electron chi connectivity index (χ2n) is 16.5. The lowest BCUT2D eigenvalue weighted by atomic mass is 10.2. The molecule has 19 nitrogen and oxygen atoms in total. The number of halogens is 2. The molecule has 0 radical (unpaired) electrons. The van der Waals surface area contributed by atoms with E-state index in [9.17, 15) is 18.4 Å². The predicted octanol–water partition coefficient (Wildman–Crippen LogP) is 7.57. The van der Waals surface area contributed by atoms with Gasteiger partial charge in [0.05, 0.1) is 46.9 Å². The van der Waals surface area contributed by atoms with Crippen LogP contribution in [0.2, 0.25) is 25.7 Å². The quantitative estimate of drug-likeness (QED) is 0.0750. The van der Waals surface area contributed by atoms with Crippen LogP contribution >= 0.6 is 0 Å². The summed E-state index contributed by atoms with van der Waals surface area (Å²) in [6, 6.07) is 6.13. The summed E-state index contributed by atoms with van der Waals surface area (Å²) in [4.78, 5) is 64.2. The van der Waals surface area contributed by atoms with E-state index in [0.29, 0.717) is 85.7 Å². The van der Waals surface area contributed by atoms with E-state index in [4.69, 9.17) is 18.6 Å². The number of aromatic nitrogens is 12. The number of pyridine rings is 2. The summed E-state index contributed by atoms with van der Waals surface area (Å²) in [5.41, 5.74) is 5.84. The molecular weight excluding hydrogens is 871 g/mol. The molecule has 0 saturated heterocycles. The van der Waals surface area contributed by atoms with Crippen LogP contribution in [0.15, 0.2) is 108 Å². The molecule has 10 heterocycles.